The Kier molecular flexibility index (Phi) is 6.29. The highest BCUT2D eigenvalue weighted by atomic mass is 19.1. The topological polar surface area (TPSA) is 56.6 Å². The van der Waals surface area contributed by atoms with Crippen LogP contribution in [-0.4, -0.2) is 45.8 Å². The lowest BCUT2D eigenvalue weighted by Gasteiger charge is -2.36. The van der Waals surface area contributed by atoms with Crippen molar-refractivity contribution in [2.75, 3.05) is 31.1 Å². The molecule has 0 spiro atoms. The van der Waals surface area contributed by atoms with Gasteiger partial charge in [0, 0.05) is 62.7 Å². The Morgan fingerprint density at radius 3 is 2.50 bits per heavy atom. The Morgan fingerprint density at radius 1 is 0.971 bits per heavy atom. The van der Waals surface area contributed by atoms with Crippen molar-refractivity contribution in [2.24, 2.45) is 0 Å². The predicted octanol–water partition coefficient (Wildman–Crippen LogP) is 4.50. The van der Waals surface area contributed by atoms with E-state index >= 15 is 0 Å². The average molecular weight is 458 g/mol. The Balaban J connectivity index is 1.28. The van der Waals surface area contributed by atoms with Crippen LogP contribution >= 0.6 is 0 Å². The van der Waals surface area contributed by atoms with E-state index in [0.29, 0.717) is 12.2 Å². The van der Waals surface area contributed by atoms with Crippen molar-refractivity contribution in [2.45, 2.75) is 13.1 Å². The number of hydrogen-bond acceptors (Lipinski definition) is 5. The molecule has 174 valence electrons. The minimum Gasteiger partial charge on any atom is -0.368 e. The molecule has 1 fully saturated rings. The second-order valence-electron chi connectivity index (χ2n) is 8.69. The summed E-state index contributed by atoms with van der Waals surface area (Å²) in [6.07, 6.45) is 3.97. The molecule has 7 heteroatoms. The lowest BCUT2D eigenvalue weighted by Crippen LogP contribution is -2.46. The zero-order valence-corrected chi connectivity index (χ0v) is 19.0. The number of rotatable bonds is 7. The second-order valence-corrected chi connectivity index (χ2v) is 8.69. The summed E-state index contributed by atoms with van der Waals surface area (Å²) >= 11 is 0. The van der Waals surface area contributed by atoms with E-state index in [9.17, 15) is 4.39 Å². The normalized spacial score (nSPS) is 14.5. The van der Waals surface area contributed by atoms with Gasteiger partial charge < -0.3 is 9.47 Å². The number of hydrogen-bond donors (Lipinski definition) is 2. The Bertz CT molecular complexity index is 1290. The minimum absolute atomic E-state index is 0.177. The molecule has 3 heterocycles. The van der Waals surface area contributed by atoms with E-state index in [1.807, 2.05) is 36.5 Å². The Morgan fingerprint density at radius 2 is 1.76 bits per heavy atom. The van der Waals surface area contributed by atoms with Gasteiger partial charge in [-0.1, -0.05) is 43.0 Å². The summed E-state index contributed by atoms with van der Waals surface area (Å²) in [7, 11) is 0. The molecule has 0 radical (unpaired) electrons. The fraction of sp³-hybridized carbons (Fsp3) is 0.222. The highest BCUT2D eigenvalue weighted by Gasteiger charge is 2.20. The second kappa shape index (κ2) is 9.67. The molecule has 0 amide bonds. The van der Waals surface area contributed by atoms with Crippen molar-refractivity contribution >= 4 is 22.4 Å². The number of benzene rings is 2. The van der Waals surface area contributed by atoms with Gasteiger partial charge >= 0.3 is 0 Å². The number of fused-ring (bicyclic) bond motifs is 1. The number of hydroxylamine groups is 1. The van der Waals surface area contributed by atoms with Gasteiger partial charge in [0.1, 0.15) is 11.5 Å². The van der Waals surface area contributed by atoms with Crippen LogP contribution in [0.5, 0.6) is 0 Å². The van der Waals surface area contributed by atoms with Crippen LogP contribution in [0, 0.1) is 5.82 Å². The smallest absolute Gasteiger partial charge is 0.142 e. The third-order valence-electron chi connectivity index (χ3n) is 6.44. The molecule has 2 aromatic carbocycles. The summed E-state index contributed by atoms with van der Waals surface area (Å²) in [5, 5.41) is 10.2. The maximum absolute atomic E-state index is 13.5. The van der Waals surface area contributed by atoms with Crippen LogP contribution in [0.15, 0.2) is 79.6 Å². The van der Waals surface area contributed by atoms with Gasteiger partial charge in [0.05, 0.1) is 5.70 Å². The summed E-state index contributed by atoms with van der Waals surface area (Å²) in [5.41, 5.74) is 7.74. The fourth-order valence-electron chi connectivity index (χ4n) is 4.59. The molecule has 0 unspecified atom stereocenters. The third kappa shape index (κ3) is 4.66. The maximum Gasteiger partial charge on any atom is 0.142 e. The molecule has 1 aliphatic heterocycles. The quantitative estimate of drug-likeness (QED) is 0.401. The van der Waals surface area contributed by atoms with Crippen molar-refractivity contribution < 1.29 is 9.60 Å². The van der Waals surface area contributed by atoms with Crippen LogP contribution in [0.3, 0.4) is 0 Å². The first kappa shape index (κ1) is 22.1. The minimum atomic E-state index is -0.177. The lowest BCUT2D eigenvalue weighted by atomic mass is 10.1. The number of pyridine rings is 1. The summed E-state index contributed by atoms with van der Waals surface area (Å²) in [6, 6.07) is 19.0. The van der Waals surface area contributed by atoms with E-state index < -0.39 is 0 Å². The molecule has 0 atom stereocenters. The monoisotopic (exact) mass is 457 g/mol. The standard InChI is InChI=1S/C27H28FN5O/c1-20(30-34)23-7-5-21(6-8-23)19-33-12-10-25-26(9-11-29-27(25)33)32-15-13-31(14-16-32)18-22-3-2-4-24(28)17-22/h2-12,17,30,34H,1,13-16,18-19H2. The molecule has 34 heavy (non-hydrogen) atoms. The van der Waals surface area contributed by atoms with E-state index in [1.165, 1.54) is 11.8 Å². The van der Waals surface area contributed by atoms with E-state index in [4.69, 9.17) is 5.21 Å². The van der Waals surface area contributed by atoms with Crippen LogP contribution in [0.2, 0.25) is 0 Å². The predicted molar refractivity (Wildman–Crippen MR) is 133 cm³/mol. The molecular formula is C27H28FN5O. The summed E-state index contributed by atoms with van der Waals surface area (Å²) in [6.45, 7) is 8.96. The molecule has 1 saturated heterocycles. The zero-order valence-electron chi connectivity index (χ0n) is 19.0. The van der Waals surface area contributed by atoms with Gasteiger partial charge in [0.25, 0.3) is 0 Å². The molecule has 1 aliphatic rings. The molecule has 5 rings (SSSR count). The molecule has 2 N–H and O–H groups in total. The third-order valence-corrected chi connectivity index (χ3v) is 6.44. The highest BCUT2D eigenvalue weighted by Crippen LogP contribution is 2.28. The number of anilines is 1. The molecule has 0 aliphatic carbocycles. The van der Waals surface area contributed by atoms with Crippen molar-refractivity contribution in [1.82, 2.24) is 19.9 Å². The Labute approximate surface area is 198 Å². The van der Waals surface area contributed by atoms with Crippen LogP contribution in [-0.2, 0) is 13.1 Å². The van der Waals surface area contributed by atoms with Gasteiger partial charge in [-0.3, -0.25) is 15.6 Å². The largest absolute Gasteiger partial charge is 0.368 e. The number of aromatic nitrogens is 2. The van der Waals surface area contributed by atoms with E-state index in [1.54, 1.807) is 12.1 Å². The first-order chi connectivity index (χ1) is 16.6. The van der Waals surface area contributed by atoms with Crippen LogP contribution < -0.4 is 10.4 Å². The van der Waals surface area contributed by atoms with Gasteiger partial charge in [-0.2, -0.15) is 0 Å². The molecular weight excluding hydrogens is 429 g/mol. The number of nitrogens with one attached hydrogen (secondary N) is 1. The zero-order chi connectivity index (χ0) is 23.5. The lowest BCUT2D eigenvalue weighted by molar-refractivity contribution is 0.225. The van der Waals surface area contributed by atoms with Gasteiger partial charge in [-0.15, -0.1) is 0 Å². The van der Waals surface area contributed by atoms with E-state index in [0.717, 1.165) is 60.4 Å². The van der Waals surface area contributed by atoms with Gasteiger partial charge in [-0.25, -0.2) is 9.37 Å². The van der Waals surface area contributed by atoms with Crippen molar-refractivity contribution in [3.05, 3.63) is 102 Å². The first-order valence-electron chi connectivity index (χ1n) is 11.4. The number of nitrogens with zero attached hydrogens (tertiary/aromatic N) is 4. The summed E-state index contributed by atoms with van der Waals surface area (Å²) in [5.74, 6) is -0.177. The van der Waals surface area contributed by atoms with Gasteiger partial charge in [0.2, 0.25) is 0 Å². The highest BCUT2D eigenvalue weighted by molar-refractivity contribution is 5.90. The van der Waals surface area contributed by atoms with Crippen LogP contribution in [0.1, 0.15) is 16.7 Å². The molecule has 0 saturated carbocycles. The summed E-state index contributed by atoms with van der Waals surface area (Å²) < 4.78 is 15.7. The SMILES string of the molecule is C=C(NO)c1ccc(Cn2ccc3c(N4CCN(Cc5cccc(F)c5)CC4)ccnc32)cc1. The number of piperazine rings is 1. The van der Waals surface area contributed by atoms with Crippen molar-refractivity contribution in [3.63, 3.8) is 0 Å². The van der Waals surface area contributed by atoms with Gasteiger partial charge in [0.15, 0.2) is 0 Å². The molecule has 6 nitrogen and oxygen atoms in total. The maximum atomic E-state index is 13.5. The van der Waals surface area contributed by atoms with E-state index in [2.05, 4.69) is 49.7 Å². The molecule has 4 aromatic rings. The van der Waals surface area contributed by atoms with Crippen LogP contribution in [0.25, 0.3) is 16.7 Å². The van der Waals surface area contributed by atoms with E-state index in [-0.39, 0.29) is 5.82 Å². The van der Waals surface area contributed by atoms with Crippen molar-refractivity contribution in [3.8, 4) is 0 Å². The van der Waals surface area contributed by atoms with Crippen molar-refractivity contribution in [1.29, 1.82) is 0 Å². The summed E-state index contributed by atoms with van der Waals surface area (Å²) in [4.78, 5) is 9.45. The first-order valence-corrected chi connectivity index (χ1v) is 11.4. The van der Waals surface area contributed by atoms with Gasteiger partial charge in [-0.05, 0) is 41.0 Å². The van der Waals surface area contributed by atoms with Crippen LogP contribution in [0.4, 0.5) is 10.1 Å². The molecule has 0 bridgehead atoms. The average Bonchev–Trinajstić information content (AvgIpc) is 3.27. The number of halogens is 1. The molecule has 2 aromatic heterocycles. The Hall–Kier alpha value is -3.68. The fourth-order valence-corrected chi connectivity index (χ4v) is 4.59.